The molecule has 9 heteroatoms. The van der Waals surface area contributed by atoms with Gasteiger partial charge in [-0.05, 0) is 36.4 Å². The fraction of sp³-hybridized carbons (Fsp3) is 0.235. The van der Waals surface area contributed by atoms with E-state index in [1.54, 1.807) is 25.1 Å². The molecule has 0 spiro atoms. The van der Waals surface area contributed by atoms with E-state index >= 15 is 0 Å². The monoisotopic (exact) mass is 396 g/mol. The zero-order valence-corrected chi connectivity index (χ0v) is 15.5. The van der Waals surface area contributed by atoms with E-state index in [2.05, 4.69) is 5.32 Å². The van der Waals surface area contributed by atoms with E-state index in [9.17, 15) is 13.2 Å². The molecule has 26 heavy (non-hydrogen) atoms. The van der Waals surface area contributed by atoms with Gasteiger partial charge in [0.1, 0.15) is 0 Å². The van der Waals surface area contributed by atoms with Crippen molar-refractivity contribution in [3.8, 4) is 11.5 Å². The Kier molecular flexibility index (Phi) is 5.36. The number of hydrogen-bond donors (Lipinski definition) is 1. The number of anilines is 1. The number of nitrogens with one attached hydrogen (secondary N) is 1. The summed E-state index contributed by atoms with van der Waals surface area (Å²) in [5, 5.41) is 3.10. The standard InChI is InChI=1S/C17H17ClN2O5S/c1-2-20(26(22,23)14-6-3-12(18)4-7-14)10-17(21)19-13-5-8-15-16(9-13)25-11-24-15/h3-9H,2,10-11H2,1H3,(H,19,21). The van der Waals surface area contributed by atoms with Crippen LogP contribution in [0.2, 0.25) is 5.02 Å². The van der Waals surface area contributed by atoms with E-state index in [4.69, 9.17) is 21.1 Å². The number of hydrogen-bond acceptors (Lipinski definition) is 5. The fourth-order valence-electron chi connectivity index (χ4n) is 2.46. The van der Waals surface area contributed by atoms with Crippen LogP contribution in [0.3, 0.4) is 0 Å². The second kappa shape index (κ2) is 7.53. The molecule has 0 saturated carbocycles. The molecule has 2 aromatic carbocycles. The Balaban J connectivity index is 1.71. The second-order valence-corrected chi connectivity index (χ2v) is 7.88. The first-order valence-corrected chi connectivity index (χ1v) is 9.67. The number of amides is 1. The maximum Gasteiger partial charge on any atom is 0.243 e. The van der Waals surface area contributed by atoms with Gasteiger partial charge in [-0.2, -0.15) is 4.31 Å². The lowest BCUT2D eigenvalue weighted by Gasteiger charge is -2.20. The summed E-state index contributed by atoms with van der Waals surface area (Å²) in [6.07, 6.45) is 0. The van der Waals surface area contributed by atoms with Gasteiger partial charge in [0.05, 0.1) is 11.4 Å². The first kappa shape index (κ1) is 18.5. The normalized spacial score (nSPS) is 13.0. The number of fused-ring (bicyclic) bond motifs is 1. The molecule has 0 atom stereocenters. The number of likely N-dealkylation sites (N-methyl/N-ethyl adjacent to an activating group) is 1. The molecule has 0 aromatic heterocycles. The summed E-state index contributed by atoms with van der Waals surface area (Å²) in [7, 11) is -3.80. The third-order valence-electron chi connectivity index (χ3n) is 3.78. The lowest BCUT2D eigenvalue weighted by atomic mass is 10.3. The lowest BCUT2D eigenvalue weighted by molar-refractivity contribution is -0.116. The van der Waals surface area contributed by atoms with Crippen LogP contribution in [-0.2, 0) is 14.8 Å². The average Bonchev–Trinajstić information content (AvgIpc) is 3.07. The molecule has 0 fully saturated rings. The Hall–Kier alpha value is -2.29. The van der Waals surface area contributed by atoms with Crippen molar-refractivity contribution in [3.63, 3.8) is 0 Å². The molecule has 0 unspecified atom stereocenters. The number of rotatable bonds is 6. The van der Waals surface area contributed by atoms with Crippen LogP contribution in [0.5, 0.6) is 11.5 Å². The van der Waals surface area contributed by atoms with Crippen molar-refractivity contribution < 1.29 is 22.7 Å². The summed E-state index contributed by atoms with van der Waals surface area (Å²) in [4.78, 5) is 12.4. The van der Waals surface area contributed by atoms with Gasteiger partial charge in [-0.3, -0.25) is 4.79 Å². The zero-order chi connectivity index (χ0) is 18.7. The number of ether oxygens (including phenoxy) is 2. The molecular weight excluding hydrogens is 380 g/mol. The van der Waals surface area contributed by atoms with E-state index in [-0.39, 0.29) is 24.8 Å². The first-order valence-electron chi connectivity index (χ1n) is 7.85. The van der Waals surface area contributed by atoms with E-state index in [1.807, 2.05) is 0 Å². The SMILES string of the molecule is CCN(CC(=O)Nc1ccc2c(c1)OCO2)S(=O)(=O)c1ccc(Cl)cc1. The Bertz CT molecular complexity index is 915. The van der Waals surface area contributed by atoms with Gasteiger partial charge in [-0.15, -0.1) is 0 Å². The maximum absolute atomic E-state index is 12.7. The summed E-state index contributed by atoms with van der Waals surface area (Å²) in [5.41, 5.74) is 0.499. The number of benzene rings is 2. The van der Waals surface area contributed by atoms with Crippen LogP contribution in [0.4, 0.5) is 5.69 Å². The van der Waals surface area contributed by atoms with Crippen molar-refractivity contribution in [1.29, 1.82) is 0 Å². The Morgan fingerprint density at radius 3 is 2.54 bits per heavy atom. The van der Waals surface area contributed by atoms with Gasteiger partial charge in [-0.1, -0.05) is 18.5 Å². The second-order valence-electron chi connectivity index (χ2n) is 5.50. The topological polar surface area (TPSA) is 84.9 Å². The third-order valence-corrected chi connectivity index (χ3v) is 5.97. The number of carbonyl (C=O) groups is 1. The van der Waals surface area contributed by atoms with E-state index in [0.29, 0.717) is 22.2 Å². The smallest absolute Gasteiger partial charge is 0.243 e. The molecule has 1 N–H and O–H groups in total. The predicted molar refractivity (Wildman–Crippen MR) is 97.1 cm³/mol. The highest BCUT2D eigenvalue weighted by Gasteiger charge is 2.25. The molecule has 1 amide bonds. The van der Waals surface area contributed by atoms with Crippen LogP contribution >= 0.6 is 11.6 Å². The van der Waals surface area contributed by atoms with Crippen LogP contribution in [0, 0.1) is 0 Å². The predicted octanol–water partition coefficient (Wildman–Crippen LogP) is 2.72. The van der Waals surface area contributed by atoms with Crippen LogP contribution in [-0.4, -0.2) is 38.5 Å². The molecule has 0 saturated heterocycles. The van der Waals surface area contributed by atoms with Gasteiger partial charge in [0, 0.05) is 23.3 Å². The minimum atomic E-state index is -3.80. The average molecular weight is 397 g/mol. The minimum Gasteiger partial charge on any atom is -0.454 e. The number of nitrogens with zero attached hydrogens (tertiary/aromatic N) is 1. The summed E-state index contributed by atoms with van der Waals surface area (Å²) >= 11 is 5.80. The third kappa shape index (κ3) is 3.92. The molecule has 0 aliphatic carbocycles. The Morgan fingerprint density at radius 2 is 1.85 bits per heavy atom. The Morgan fingerprint density at radius 1 is 1.15 bits per heavy atom. The molecule has 0 bridgehead atoms. The molecule has 3 rings (SSSR count). The van der Waals surface area contributed by atoms with E-state index in [1.165, 1.54) is 24.3 Å². The fourth-order valence-corrected chi connectivity index (χ4v) is 3.99. The van der Waals surface area contributed by atoms with Crippen LogP contribution in [0.1, 0.15) is 6.92 Å². The van der Waals surface area contributed by atoms with Crippen molar-refractivity contribution in [2.45, 2.75) is 11.8 Å². The van der Waals surface area contributed by atoms with Gasteiger partial charge in [-0.25, -0.2) is 8.42 Å². The molecule has 2 aromatic rings. The van der Waals surface area contributed by atoms with Crippen molar-refractivity contribution in [1.82, 2.24) is 4.31 Å². The quantitative estimate of drug-likeness (QED) is 0.811. The highest BCUT2D eigenvalue weighted by Crippen LogP contribution is 2.34. The molecule has 0 radical (unpaired) electrons. The molecule has 1 heterocycles. The summed E-state index contributed by atoms with van der Waals surface area (Å²) < 4.78 is 36.9. The number of sulfonamides is 1. The number of carbonyl (C=O) groups excluding carboxylic acids is 1. The summed E-state index contributed by atoms with van der Waals surface area (Å²) in [5.74, 6) is 0.677. The van der Waals surface area contributed by atoms with Gasteiger partial charge < -0.3 is 14.8 Å². The van der Waals surface area contributed by atoms with E-state index in [0.717, 1.165) is 4.31 Å². The van der Waals surface area contributed by atoms with Gasteiger partial charge in [0.25, 0.3) is 0 Å². The van der Waals surface area contributed by atoms with Crippen molar-refractivity contribution in [2.24, 2.45) is 0 Å². The number of halogens is 1. The lowest BCUT2D eigenvalue weighted by Crippen LogP contribution is -2.37. The molecule has 1 aliphatic heterocycles. The molecular formula is C17H17ClN2O5S. The maximum atomic E-state index is 12.7. The van der Waals surface area contributed by atoms with Gasteiger partial charge >= 0.3 is 0 Å². The van der Waals surface area contributed by atoms with E-state index < -0.39 is 15.9 Å². The van der Waals surface area contributed by atoms with Gasteiger partial charge in [0.15, 0.2) is 11.5 Å². The van der Waals surface area contributed by atoms with Gasteiger partial charge in [0.2, 0.25) is 22.7 Å². The zero-order valence-electron chi connectivity index (χ0n) is 13.9. The van der Waals surface area contributed by atoms with Crippen molar-refractivity contribution in [3.05, 3.63) is 47.5 Å². The van der Waals surface area contributed by atoms with Crippen LogP contribution in [0.25, 0.3) is 0 Å². The van der Waals surface area contributed by atoms with Crippen LogP contribution < -0.4 is 14.8 Å². The molecule has 138 valence electrons. The van der Waals surface area contributed by atoms with Crippen molar-refractivity contribution >= 4 is 33.2 Å². The summed E-state index contributed by atoms with van der Waals surface area (Å²) in [6, 6.07) is 10.8. The molecule has 7 nitrogen and oxygen atoms in total. The highest BCUT2D eigenvalue weighted by molar-refractivity contribution is 7.89. The largest absolute Gasteiger partial charge is 0.454 e. The first-order chi connectivity index (χ1) is 12.4. The Labute approximate surface area is 156 Å². The van der Waals surface area contributed by atoms with Crippen molar-refractivity contribution in [2.75, 3.05) is 25.2 Å². The highest BCUT2D eigenvalue weighted by atomic mass is 35.5. The minimum absolute atomic E-state index is 0.0830. The molecule has 1 aliphatic rings. The van der Waals surface area contributed by atoms with Crippen LogP contribution in [0.15, 0.2) is 47.4 Å². The summed E-state index contributed by atoms with van der Waals surface area (Å²) in [6.45, 7) is 1.65.